The lowest BCUT2D eigenvalue weighted by molar-refractivity contribution is -0.380. The van der Waals surface area contributed by atoms with Gasteiger partial charge in [-0.05, 0) is 38.5 Å². The number of hydrogen-bond donors (Lipinski definition) is 10. The van der Waals surface area contributed by atoms with Crippen molar-refractivity contribution in [3.8, 4) is 0 Å². The first-order chi connectivity index (χ1) is 32.0. The highest BCUT2D eigenvalue weighted by atomic mass is 16.8. The van der Waals surface area contributed by atoms with Gasteiger partial charge in [-0.25, -0.2) is 4.79 Å². The average molecular weight is 971 g/mol. The summed E-state index contributed by atoms with van der Waals surface area (Å²) in [7, 11) is 0. The SMILES string of the molecule is CCCCCC(CCCC(O)C(O)CCCCCCCCCCCCCC(O)C(=O)O)OC1OCC(OC(C)=O)C(O)C1OC1OCC(OC(C)=O)C(O)C1OC1OC(CO)C(O)C(O)C1O. The van der Waals surface area contributed by atoms with E-state index in [2.05, 4.69) is 0 Å². The van der Waals surface area contributed by atoms with Crippen LogP contribution in [0.2, 0.25) is 0 Å². The molecule has 392 valence electrons. The number of unbranched alkanes of at least 4 members (excludes halogenated alkanes) is 12. The molecule has 67 heavy (non-hydrogen) atoms. The average Bonchev–Trinajstić information content (AvgIpc) is 3.28. The summed E-state index contributed by atoms with van der Waals surface area (Å²) in [5.41, 5.74) is 0. The smallest absolute Gasteiger partial charge is 0.332 e. The molecule has 0 amide bonds. The van der Waals surface area contributed by atoms with E-state index in [0.29, 0.717) is 38.5 Å². The Morgan fingerprint density at radius 3 is 1.51 bits per heavy atom. The number of hydrogen-bond acceptors (Lipinski definition) is 20. The minimum atomic E-state index is -1.89. The van der Waals surface area contributed by atoms with Crippen LogP contribution in [0.3, 0.4) is 0 Å². The van der Waals surface area contributed by atoms with Crippen molar-refractivity contribution in [2.45, 2.75) is 254 Å². The zero-order valence-corrected chi connectivity index (χ0v) is 39.5. The molecule has 3 rings (SSSR count). The van der Waals surface area contributed by atoms with Crippen molar-refractivity contribution < 1.29 is 103 Å². The molecule has 3 fully saturated rings. The van der Waals surface area contributed by atoms with E-state index >= 15 is 0 Å². The molecule has 3 heterocycles. The van der Waals surface area contributed by atoms with Gasteiger partial charge in [0.2, 0.25) is 0 Å². The van der Waals surface area contributed by atoms with Gasteiger partial charge >= 0.3 is 17.9 Å². The van der Waals surface area contributed by atoms with Gasteiger partial charge in [-0.3, -0.25) is 9.59 Å². The van der Waals surface area contributed by atoms with Crippen molar-refractivity contribution in [3.05, 3.63) is 0 Å². The van der Waals surface area contributed by atoms with Crippen molar-refractivity contribution >= 4 is 17.9 Å². The Morgan fingerprint density at radius 2 is 1.00 bits per heavy atom. The summed E-state index contributed by atoms with van der Waals surface area (Å²) in [6, 6.07) is 0. The number of carbonyl (C=O) groups excluding carboxylic acids is 2. The highest BCUT2D eigenvalue weighted by Crippen LogP contribution is 2.33. The maximum Gasteiger partial charge on any atom is 0.332 e. The number of carboxylic acids is 1. The van der Waals surface area contributed by atoms with Crippen molar-refractivity contribution in [1.29, 1.82) is 0 Å². The van der Waals surface area contributed by atoms with E-state index in [1.807, 2.05) is 6.92 Å². The normalized spacial score (nSPS) is 32.0. The number of ether oxygens (including phenoxy) is 8. The monoisotopic (exact) mass is 971 g/mol. The van der Waals surface area contributed by atoms with E-state index in [-0.39, 0.29) is 13.0 Å². The quantitative estimate of drug-likeness (QED) is 0.0327. The fourth-order valence-corrected chi connectivity index (χ4v) is 8.59. The second-order valence-corrected chi connectivity index (χ2v) is 18.2. The first-order valence-corrected chi connectivity index (χ1v) is 24.5. The van der Waals surface area contributed by atoms with Crippen LogP contribution >= 0.6 is 0 Å². The Morgan fingerprint density at radius 1 is 0.552 bits per heavy atom. The Kier molecular flexibility index (Phi) is 28.2. The molecule has 21 heteroatoms. The minimum absolute atomic E-state index is 0.281. The fraction of sp³-hybridized carbons (Fsp3) is 0.935. The van der Waals surface area contributed by atoms with Gasteiger partial charge in [0.25, 0.3) is 0 Å². The molecule has 0 spiro atoms. The predicted molar refractivity (Wildman–Crippen MR) is 235 cm³/mol. The molecular weight excluding hydrogens is 888 g/mol. The molecule has 21 nitrogen and oxygen atoms in total. The lowest BCUT2D eigenvalue weighted by Crippen LogP contribution is -2.65. The van der Waals surface area contributed by atoms with Crippen molar-refractivity contribution in [3.63, 3.8) is 0 Å². The first-order valence-electron chi connectivity index (χ1n) is 24.5. The van der Waals surface area contributed by atoms with Crippen molar-refractivity contribution in [2.24, 2.45) is 0 Å². The molecule has 17 atom stereocenters. The molecule has 17 unspecified atom stereocenters. The summed E-state index contributed by atoms with van der Waals surface area (Å²) in [6.45, 7) is 2.84. The van der Waals surface area contributed by atoms with Crippen LogP contribution in [0.5, 0.6) is 0 Å². The first kappa shape index (κ1) is 59.1. The zero-order valence-electron chi connectivity index (χ0n) is 39.5. The predicted octanol–water partition coefficient (Wildman–Crippen LogP) is 1.23. The molecule has 0 saturated carbocycles. The van der Waals surface area contributed by atoms with Gasteiger partial charge < -0.3 is 89.0 Å². The van der Waals surface area contributed by atoms with Gasteiger partial charge in [-0.2, -0.15) is 0 Å². The van der Waals surface area contributed by atoms with Gasteiger partial charge in [0.05, 0.1) is 38.1 Å². The summed E-state index contributed by atoms with van der Waals surface area (Å²) >= 11 is 0. The molecule has 0 bridgehead atoms. The highest BCUT2D eigenvalue weighted by molar-refractivity contribution is 5.71. The number of aliphatic carboxylic acids is 1. The summed E-state index contributed by atoms with van der Waals surface area (Å²) in [6.07, 6.45) is -8.16. The Hall–Kier alpha value is -2.19. The summed E-state index contributed by atoms with van der Waals surface area (Å²) in [5.74, 6) is -2.65. The summed E-state index contributed by atoms with van der Waals surface area (Å²) < 4.78 is 46.6. The standard InChI is InChI=1S/C46H82O21/c1-4-5-15-19-29(20-18-23-31(51)30(50)21-16-13-11-9-7-6-8-10-12-14-17-22-32(52)43(58)59)64-45-41(37(54)34(25-60-45)62-27(2)48)67-46-42(38(55)35(26-61-46)63-28(3)49)66-44-40(57)39(56)36(53)33(24-47)65-44/h29-42,44-47,50-57H,4-26H2,1-3H3,(H,58,59). The lowest BCUT2D eigenvalue weighted by atomic mass is 9.98. The van der Waals surface area contributed by atoms with Crippen LogP contribution in [0.4, 0.5) is 0 Å². The lowest BCUT2D eigenvalue weighted by Gasteiger charge is -2.47. The van der Waals surface area contributed by atoms with Crippen LogP contribution in [0, 0.1) is 0 Å². The molecule has 0 aliphatic carbocycles. The molecule has 0 aromatic heterocycles. The van der Waals surface area contributed by atoms with E-state index in [1.54, 1.807) is 0 Å². The highest BCUT2D eigenvalue weighted by Gasteiger charge is 2.52. The van der Waals surface area contributed by atoms with Gasteiger partial charge in [0, 0.05) is 13.8 Å². The van der Waals surface area contributed by atoms with Gasteiger partial charge in [-0.15, -0.1) is 0 Å². The van der Waals surface area contributed by atoms with E-state index in [0.717, 1.165) is 97.3 Å². The Labute approximate surface area is 393 Å². The Bertz CT molecular complexity index is 1370. The largest absolute Gasteiger partial charge is 0.479 e. The van der Waals surface area contributed by atoms with Crippen molar-refractivity contribution in [2.75, 3.05) is 19.8 Å². The minimum Gasteiger partial charge on any atom is -0.479 e. The summed E-state index contributed by atoms with van der Waals surface area (Å²) in [4.78, 5) is 34.6. The van der Waals surface area contributed by atoms with E-state index in [1.165, 1.54) is 0 Å². The molecule has 0 aromatic rings. The number of aliphatic hydroxyl groups excluding tert-OH is 9. The second-order valence-electron chi connectivity index (χ2n) is 18.2. The maximum absolute atomic E-state index is 12.0. The summed E-state index contributed by atoms with van der Waals surface area (Å²) in [5, 5.41) is 104. The number of carboxylic acid groups (broad SMARTS) is 1. The number of aliphatic hydroxyl groups is 9. The molecule has 3 saturated heterocycles. The number of esters is 2. The molecule has 3 aliphatic heterocycles. The molecule has 0 aromatic carbocycles. The maximum atomic E-state index is 12.0. The van der Waals surface area contributed by atoms with Crippen LogP contribution in [0.15, 0.2) is 0 Å². The second kappa shape index (κ2) is 31.9. The van der Waals surface area contributed by atoms with Crippen LogP contribution in [-0.4, -0.2) is 193 Å². The van der Waals surface area contributed by atoms with E-state index in [9.17, 15) is 60.3 Å². The third-order valence-corrected chi connectivity index (χ3v) is 12.6. The van der Waals surface area contributed by atoms with Crippen molar-refractivity contribution in [1.82, 2.24) is 0 Å². The van der Waals surface area contributed by atoms with Crippen LogP contribution in [-0.2, 0) is 52.3 Å². The third kappa shape index (κ3) is 20.6. The zero-order chi connectivity index (χ0) is 49.5. The molecule has 10 N–H and O–H groups in total. The number of carbonyl (C=O) groups is 3. The van der Waals surface area contributed by atoms with Gasteiger partial charge in [0.1, 0.15) is 48.8 Å². The molecular formula is C46H82O21. The topological polar surface area (TPSA) is 327 Å². The van der Waals surface area contributed by atoms with Crippen LogP contribution in [0.1, 0.15) is 149 Å². The van der Waals surface area contributed by atoms with Gasteiger partial charge in [-0.1, -0.05) is 96.8 Å². The van der Waals surface area contributed by atoms with E-state index in [4.69, 9.17) is 43.0 Å². The van der Waals surface area contributed by atoms with E-state index < -0.39 is 135 Å². The number of rotatable bonds is 33. The molecule has 0 radical (unpaired) electrons. The Balaban J connectivity index is 1.58. The third-order valence-electron chi connectivity index (χ3n) is 12.6. The van der Waals surface area contributed by atoms with Crippen LogP contribution in [0.25, 0.3) is 0 Å². The molecule has 3 aliphatic rings. The van der Waals surface area contributed by atoms with Crippen LogP contribution < -0.4 is 0 Å². The van der Waals surface area contributed by atoms with Gasteiger partial charge in [0.15, 0.2) is 37.2 Å². The fourth-order valence-electron chi connectivity index (χ4n) is 8.59.